The third-order valence-corrected chi connectivity index (χ3v) is 8.75. The lowest BCUT2D eigenvalue weighted by atomic mass is 10.0. The molecule has 27 heavy (non-hydrogen) atoms. The molecule has 0 amide bonds. The zero-order valence-electron chi connectivity index (χ0n) is 18.0. The number of rotatable bonds is 20. The van der Waals surface area contributed by atoms with Crippen LogP contribution in [-0.2, 0) is 15.6 Å². The monoisotopic (exact) mass is 530 g/mol. The van der Waals surface area contributed by atoms with Crippen LogP contribution in [0.2, 0.25) is 0 Å². The van der Waals surface area contributed by atoms with Gasteiger partial charge in [-0.15, -0.1) is 0 Å². The van der Waals surface area contributed by atoms with Gasteiger partial charge in [0.25, 0.3) is 0 Å². The minimum atomic E-state index is -0.643. The number of hydrogen-bond acceptors (Lipinski definition) is 3. The number of carbonyl (C=O) groups is 1. The van der Waals surface area contributed by atoms with Crippen LogP contribution < -0.4 is 0 Å². The molecule has 3 atom stereocenters. The largest absolute Gasteiger partial charge is 0.288 e. The van der Waals surface area contributed by atoms with Gasteiger partial charge in [-0.25, -0.2) is 0 Å². The summed E-state index contributed by atoms with van der Waals surface area (Å²) in [6.07, 6.45) is 16.8. The van der Waals surface area contributed by atoms with Gasteiger partial charge >= 0.3 is 0 Å². The molecule has 0 saturated carbocycles. The SMILES string of the molecule is CCCCCCC(CCC(CCCCCCCC(=O)I)SCC)S(=O)CC. The maximum absolute atomic E-state index is 12.4. The molecule has 0 saturated heterocycles. The van der Waals surface area contributed by atoms with E-state index in [4.69, 9.17) is 0 Å². The quantitative estimate of drug-likeness (QED) is 0.0919. The highest BCUT2D eigenvalue weighted by molar-refractivity contribution is 14.1. The summed E-state index contributed by atoms with van der Waals surface area (Å²) in [7, 11) is -0.643. The summed E-state index contributed by atoms with van der Waals surface area (Å²) in [6.45, 7) is 6.57. The molecular formula is C22H43IO2S2. The zero-order chi connectivity index (χ0) is 20.3. The van der Waals surface area contributed by atoms with Crippen molar-refractivity contribution in [2.45, 2.75) is 121 Å². The van der Waals surface area contributed by atoms with E-state index in [9.17, 15) is 9.00 Å². The van der Waals surface area contributed by atoms with Gasteiger partial charge in [-0.05, 0) is 60.4 Å². The standard InChI is InChI=1S/C22H43IO2S2/c1-4-7-8-13-16-21(27(25)6-3)19-18-20(26-5-2)15-12-10-9-11-14-17-22(23)24/h20-21H,4-19H2,1-3H3. The van der Waals surface area contributed by atoms with Crippen molar-refractivity contribution in [1.82, 2.24) is 0 Å². The lowest BCUT2D eigenvalue weighted by molar-refractivity contribution is -0.109. The molecule has 0 N–H and O–H groups in total. The molecular weight excluding hydrogens is 487 g/mol. The van der Waals surface area contributed by atoms with E-state index >= 15 is 0 Å². The van der Waals surface area contributed by atoms with Crippen LogP contribution in [-0.4, -0.2) is 30.0 Å². The molecule has 0 spiro atoms. The van der Waals surface area contributed by atoms with E-state index in [2.05, 4.69) is 32.5 Å². The highest BCUT2D eigenvalue weighted by atomic mass is 127. The minimum absolute atomic E-state index is 0.292. The maximum Gasteiger partial charge on any atom is 0.192 e. The van der Waals surface area contributed by atoms with Crippen molar-refractivity contribution in [1.29, 1.82) is 0 Å². The first-order valence-electron chi connectivity index (χ1n) is 11.2. The predicted octanol–water partition coefficient (Wildman–Crippen LogP) is 7.69. The Bertz CT molecular complexity index is 377. The smallest absolute Gasteiger partial charge is 0.192 e. The first-order valence-corrected chi connectivity index (χ1v) is 14.7. The van der Waals surface area contributed by atoms with E-state index in [0.717, 1.165) is 36.7 Å². The molecule has 2 nitrogen and oxygen atoms in total. The van der Waals surface area contributed by atoms with Crippen LogP contribution in [0, 0.1) is 0 Å². The molecule has 3 unspecified atom stereocenters. The summed E-state index contributed by atoms with van der Waals surface area (Å²) in [5.41, 5.74) is 0. The Morgan fingerprint density at radius 1 is 0.852 bits per heavy atom. The number of hydrogen-bond donors (Lipinski definition) is 0. The van der Waals surface area contributed by atoms with Crippen LogP contribution in [0.15, 0.2) is 0 Å². The van der Waals surface area contributed by atoms with Crippen molar-refractivity contribution in [2.24, 2.45) is 0 Å². The van der Waals surface area contributed by atoms with E-state index in [1.54, 1.807) is 0 Å². The molecule has 5 heteroatoms. The second-order valence-corrected chi connectivity index (χ2v) is 12.2. The van der Waals surface area contributed by atoms with Gasteiger partial charge in [0.2, 0.25) is 0 Å². The topological polar surface area (TPSA) is 34.1 Å². The van der Waals surface area contributed by atoms with Gasteiger partial charge in [-0.1, -0.05) is 72.1 Å². The number of thioether (sulfide) groups is 1. The lowest BCUT2D eigenvalue weighted by Crippen LogP contribution is -2.19. The average Bonchev–Trinajstić information content (AvgIpc) is 2.65. The molecule has 0 aromatic heterocycles. The highest BCUT2D eigenvalue weighted by Gasteiger charge is 2.18. The van der Waals surface area contributed by atoms with Crippen molar-refractivity contribution in [2.75, 3.05) is 11.5 Å². The first-order chi connectivity index (χ1) is 13.0. The first kappa shape index (κ1) is 27.9. The Labute approximate surface area is 189 Å². The zero-order valence-corrected chi connectivity index (χ0v) is 21.8. The third kappa shape index (κ3) is 17.5. The molecule has 162 valence electrons. The number of unbranched alkanes of at least 4 members (excludes halogenated alkanes) is 7. The molecule has 0 radical (unpaired) electrons. The Morgan fingerprint density at radius 3 is 2.11 bits per heavy atom. The van der Waals surface area contributed by atoms with Crippen LogP contribution in [0.1, 0.15) is 111 Å². The van der Waals surface area contributed by atoms with E-state index < -0.39 is 10.8 Å². The minimum Gasteiger partial charge on any atom is -0.288 e. The molecule has 0 heterocycles. The normalized spacial score (nSPS) is 14.8. The fourth-order valence-corrected chi connectivity index (χ4v) is 6.32. The van der Waals surface area contributed by atoms with Crippen LogP contribution in [0.25, 0.3) is 0 Å². The predicted molar refractivity (Wildman–Crippen MR) is 134 cm³/mol. The summed E-state index contributed by atoms with van der Waals surface area (Å²) in [6, 6.07) is 0. The number of halogens is 1. The van der Waals surface area contributed by atoms with Crippen molar-refractivity contribution in [3.8, 4) is 0 Å². The molecule has 0 aliphatic heterocycles. The van der Waals surface area contributed by atoms with E-state index in [1.165, 1.54) is 70.0 Å². The van der Waals surface area contributed by atoms with Crippen LogP contribution >= 0.6 is 34.4 Å². The summed E-state index contributed by atoms with van der Waals surface area (Å²) in [4.78, 5) is 11.0. The van der Waals surface area contributed by atoms with E-state index in [0.29, 0.717) is 9.04 Å². The van der Waals surface area contributed by atoms with Crippen LogP contribution in [0.3, 0.4) is 0 Å². The summed E-state index contributed by atoms with van der Waals surface area (Å²) < 4.78 is 12.7. The molecule has 0 bridgehead atoms. The van der Waals surface area contributed by atoms with Crippen molar-refractivity contribution in [3.05, 3.63) is 0 Å². The Hall–Kier alpha value is 0.900. The van der Waals surface area contributed by atoms with Gasteiger partial charge in [0, 0.05) is 33.5 Å². The Kier molecular flexibility index (Phi) is 20.9. The fraction of sp³-hybridized carbons (Fsp3) is 0.955. The van der Waals surface area contributed by atoms with Gasteiger partial charge in [0.05, 0.1) is 0 Å². The summed E-state index contributed by atoms with van der Waals surface area (Å²) in [5, 5.41) is 1.15. The number of carbonyl (C=O) groups excluding carboxylic acids is 1. The van der Waals surface area contributed by atoms with Gasteiger partial charge in [0.15, 0.2) is 3.79 Å². The molecule has 0 aliphatic carbocycles. The second kappa shape index (κ2) is 20.2. The lowest BCUT2D eigenvalue weighted by Gasteiger charge is -2.20. The van der Waals surface area contributed by atoms with Gasteiger partial charge in [-0.2, -0.15) is 11.8 Å². The Balaban J connectivity index is 4.11. The molecule has 0 aromatic rings. The molecule has 0 fully saturated rings. The van der Waals surface area contributed by atoms with Gasteiger partial charge in [0.1, 0.15) is 0 Å². The van der Waals surface area contributed by atoms with Crippen molar-refractivity contribution in [3.63, 3.8) is 0 Å². The summed E-state index contributed by atoms with van der Waals surface area (Å²) in [5.74, 6) is 1.99. The van der Waals surface area contributed by atoms with Crippen molar-refractivity contribution < 1.29 is 9.00 Å². The maximum atomic E-state index is 12.4. The Morgan fingerprint density at radius 2 is 1.48 bits per heavy atom. The molecule has 0 aliphatic rings. The second-order valence-electron chi connectivity index (χ2n) is 7.46. The highest BCUT2D eigenvalue weighted by Crippen LogP contribution is 2.26. The van der Waals surface area contributed by atoms with Gasteiger partial charge in [-0.3, -0.25) is 9.00 Å². The third-order valence-electron chi connectivity index (χ3n) is 5.15. The van der Waals surface area contributed by atoms with Gasteiger partial charge < -0.3 is 0 Å². The van der Waals surface area contributed by atoms with Crippen molar-refractivity contribution >= 4 is 48.9 Å². The molecule has 0 aromatic carbocycles. The fourth-order valence-electron chi connectivity index (χ4n) is 3.53. The van der Waals surface area contributed by atoms with Crippen LogP contribution in [0.5, 0.6) is 0 Å². The van der Waals surface area contributed by atoms with E-state index in [-0.39, 0.29) is 0 Å². The van der Waals surface area contributed by atoms with E-state index in [1.807, 2.05) is 22.6 Å². The van der Waals surface area contributed by atoms with Crippen LogP contribution in [0.4, 0.5) is 0 Å². The average molecular weight is 531 g/mol. The molecule has 0 rings (SSSR count). The summed E-state index contributed by atoms with van der Waals surface area (Å²) >= 11 is 4.00.